The number of carbonyl (C=O) groups excluding carboxylic acids is 1. The molecule has 38 heavy (non-hydrogen) atoms. The third-order valence-corrected chi connectivity index (χ3v) is 14.2. The highest BCUT2D eigenvalue weighted by molar-refractivity contribution is 5.67. The Morgan fingerprint density at radius 1 is 1.03 bits per heavy atom. The van der Waals surface area contributed by atoms with Crippen LogP contribution in [-0.2, 0) is 4.74 Å². The van der Waals surface area contributed by atoms with E-state index in [-0.39, 0.29) is 39.9 Å². The third-order valence-electron chi connectivity index (χ3n) is 14.2. The second kappa shape index (κ2) is 9.34. The van der Waals surface area contributed by atoms with Crippen LogP contribution in [0.25, 0.3) is 0 Å². The number of carbonyl (C=O) groups is 1. The smallest absolute Gasteiger partial charge is 0.407 e. The summed E-state index contributed by atoms with van der Waals surface area (Å²) >= 11 is 0. The molecule has 6 nitrogen and oxygen atoms in total. The van der Waals surface area contributed by atoms with Crippen molar-refractivity contribution in [2.24, 2.45) is 51.2 Å². The molecule has 6 saturated carbocycles. The van der Waals surface area contributed by atoms with Crippen molar-refractivity contribution in [3.8, 4) is 0 Å². The summed E-state index contributed by atoms with van der Waals surface area (Å²) in [7, 11) is 0. The van der Waals surface area contributed by atoms with E-state index in [2.05, 4.69) is 33.0 Å². The predicted molar refractivity (Wildman–Crippen MR) is 146 cm³/mol. The van der Waals surface area contributed by atoms with Crippen LogP contribution in [0.3, 0.4) is 0 Å². The second-order valence-corrected chi connectivity index (χ2v) is 15.2. The number of fused-ring (bicyclic) bond motifs is 4. The average molecular weight is 532 g/mol. The maximum Gasteiger partial charge on any atom is 0.407 e. The summed E-state index contributed by atoms with van der Waals surface area (Å²) in [5.74, 6) is 2.56. The van der Waals surface area contributed by atoms with E-state index in [0.717, 1.165) is 57.8 Å². The summed E-state index contributed by atoms with van der Waals surface area (Å²) in [5, 5.41) is 35.7. The Hall–Kier alpha value is -0.850. The van der Waals surface area contributed by atoms with Gasteiger partial charge in [-0.1, -0.05) is 27.7 Å². The van der Waals surface area contributed by atoms with E-state index < -0.39 is 12.2 Å². The fourth-order valence-electron chi connectivity index (χ4n) is 12.1. The molecule has 13 atom stereocenters. The molecule has 6 aliphatic carbocycles. The number of nitrogens with one attached hydrogen (secondary N) is 1. The number of hydrogen-bond donors (Lipinski definition) is 4. The number of aliphatic hydroxyl groups is 3. The highest BCUT2D eigenvalue weighted by atomic mass is 16.5. The zero-order valence-electron chi connectivity index (χ0n) is 24.3. The topological polar surface area (TPSA) is 99.0 Å². The number of amides is 1. The summed E-state index contributed by atoms with van der Waals surface area (Å²) in [6.45, 7) is 10.1. The Bertz CT molecular complexity index is 928. The van der Waals surface area contributed by atoms with E-state index in [4.69, 9.17) is 4.74 Å². The minimum absolute atomic E-state index is 0.000363. The number of aliphatic hydroxyl groups excluding tert-OH is 3. The lowest BCUT2D eigenvalue weighted by Gasteiger charge is -2.64. The Morgan fingerprint density at radius 3 is 2.53 bits per heavy atom. The van der Waals surface area contributed by atoms with Crippen LogP contribution >= 0.6 is 0 Å². The molecule has 0 aromatic carbocycles. The molecule has 216 valence electrons. The molecule has 1 amide bonds. The maximum atomic E-state index is 12.3. The quantitative estimate of drug-likeness (QED) is 0.367. The SMILES string of the molecule is CCC12C[C@]13C[C@H](O)CC[C@]3(C)[C@H]1CC[C@]3(C)[C@@H]([C@H](C)CCOC(=O)NC4CCCC4O)CC[C@H]3[C@@H]1[C@@H]2O. The van der Waals surface area contributed by atoms with E-state index in [1.165, 1.54) is 25.7 Å². The van der Waals surface area contributed by atoms with Gasteiger partial charge in [-0.2, -0.15) is 0 Å². The molecule has 0 saturated heterocycles. The van der Waals surface area contributed by atoms with E-state index >= 15 is 0 Å². The molecule has 0 radical (unpaired) electrons. The molecule has 0 aromatic rings. The monoisotopic (exact) mass is 531 g/mol. The van der Waals surface area contributed by atoms with Crippen LogP contribution in [0.15, 0.2) is 0 Å². The van der Waals surface area contributed by atoms with Gasteiger partial charge in [-0.15, -0.1) is 0 Å². The molecule has 4 N–H and O–H groups in total. The van der Waals surface area contributed by atoms with Gasteiger partial charge in [0.15, 0.2) is 0 Å². The fraction of sp³-hybridized carbons (Fsp3) is 0.969. The lowest BCUT2D eigenvalue weighted by molar-refractivity contribution is -0.203. The average Bonchev–Trinajstić information content (AvgIpc) is 3.16. The second-order valence-electron chi connectivity index (χ2n) is 15.2. The highest BCUT2D eigenvalue weighted by Gasteiger charge is 2.83. The van der Waals surface area contributed by atoms with E-state index in [1.807, 2.05) is 0 Å². The van der Waals surface area contributed by atoms with Crippen molar-refractivity contribution in [1.29, 1.82) is 0 Å². The Labute approximate surface area is 229 Å². The van der Waals surface area contributed by atoms with Gasteiger partial charge in [-0.05, 0) is 129 Å². The van der Waals surface area contributed by atoms with Gasteiger partial charge in [-0.3, -0.25) is 0 Å². The van der Waals surface area contributed by atoms with Crippen LogP contribution in [0.1, 0.15) is 111 Å². The van der Waals surface area contributed by atoms with Crippen LogP contribution in [0.4, 0.5) is 4.79 Å². The van der Waals surface area contributed by atoms with Gasteiger partial charge in [0.1, 0.15) is 0 Å². The summed E-state index contributed by atoms with van der Waals surface area (Å²) < 4.78 is 5.56. The van der Waals surface area contributed by atoms with Gasteiger partial charge >= 0.3 is 6.09 Å². The molecule has 0 heterocycles. The molecule has 3 unspecified atom stereocenters. The fourth-order valence-corrected chi connectivity index (χ4v) is 12.1. The molecular formula is C32H53NO5. The molecule has 0 aromatic heterocycles. The predicted octanol–water partition coefficient (Wildman–Crippen LogP) is 5.42. The lowest BCUT2D eigenvalue weighted by Crippen LogP contribution is -2.62. The third kappa shape index (κ3) is 3.64. The summed E-state index contributed by atoms with van der Waals surface area (Å²) in [4.78, 5) is 12.3. The van der Waals surface area contributed by atoms with Crippen LogP contribution in [0, 0.1) is 51.2 Å². The van der Waals surface area contributed by atoms with Crippen molar-refractivity contribution in [3.63, 3.8) is 0 Å². The van der Waals surface area contributed by atoms with Crippen LogP contribution in [0.5, 0.6) is 0 Å². The van der Waals surface area contributed by atoms with Gasteiger partial charge < -0.3 is 25.4 Å². The first-order chi connectivity index (χ1) is 18.0. The lowest BCUT2D eigenvalue weighted by atomic mass is 9.41. The first-order valence-corrected chi connectivity index (χ1v) is 16.0. The van der Waals surface area contributed by atoms with E-state index in [1.54, 1.807) is 0 Å². The highest BCUT2D eigenvalue weighted by Crippen LogP contribution is 2.86. The van der Waals surface area contributed by atoms with Crippen molar-refractivity contribution in [3.05, 3.63) is 0 Å². The van der Waals surface area contributed by atoms with Gasteiger partial charge in [0, 0.05) is 5.41 Å². The summed E-state index contributed by atoms with van der Waals surface area (Å²) in [6, 6.07) is -0.169. The van der Waals surface area contributed by atoms with Crippen LogP contribution in [-0.4, -0.2) is 52.4 Å². The number of ether oxygens (including phenoxy) is 1. The Kier molecular flexibility index (Phi) is 6.72. The minimum atomic E-state index is -0.448. The summed E-state index contributed by atoms with van der Waals surface area (Å²) in [5.41, 5.74) is 0.607. The van der Waals surface area contributed by atoms with Gasteiger partial charge in [0.2, 0.25) is 0 Å². The van der Waals surface area contributed by atoms with Crippen molar-refractivity contribution in [1.82, 2.24) is 5.32 Å². The van der Waals surface area contributed by atoms with Gasteiger partial charge in [0.05, 0.1) is 31.0 Å². The molecule has 1 spiro atoms. The van der Waals surface area contributed by atoms with Gasteiger partial charge in [-0.25, -0.2) is 4.79 Å². The molecule has 0 aliphatic heterocycles. The number of rotatable bonds is 6. The number of alkyl carbamates (subject to hydrolysis) is 1. The molecule has 6 aliphatic rings. The van der Waals surface area contributed by atoms with Crippen LogP contribution in [0.2, 0.25) is 0 Å². The van der Waals surface area contributed by atoms with Gasteiger partial charge in [0.25, 0.3) is 0 Å². The van der Waals surface area contributed by atoms with Crippen molar-refractivity contribution in [2.75, 3.05) is 6.61 Å². The van der Waals surface area contributed by atoms with E-state index in [9.17, 15) is 20.1 Å². The molecular weight excluding hydrogens is 478 g/mol. The summed E-state index contributed by atoms with van der Waals surface area (Å²) in [6.07, 6.45) is 12.0. The first kappa shape index (κ1) is 27.3. The van der Waals surface area contributed by atoms with E-state index in [0.29, 0.717) is 36.2 Å². The zero-order chi connectivity index (χ0) is 27.1. The first-order valence-electron chi connectivity index (χ1n) is 16.0. The largest absolute Gasteiger partial charge is 0.450 e. The minimum Gasteiger partial charge on any atom is -0.450 e. The molecule has 6 heteroatoms. The zero-order valence-corrected chi connectivity index (χ0v) is 24.3. The number of hydrogen-bond acceptors (Lipinski definition) is 5. The van der Waals surface area contributed by atoms with Crippen LogP contribution < -0.4 is 5.32 Å². The Balaban J connectivity index is 1.13. The van der Waals surface area contributed by atoms with Crippen molar-refractivity contribution < 1.29 is 24.9 Å². The maximum absolute atomic E-state index is 12.3. The van der Waals surface area contributed by atoms with Crippen molar-refractivity contribution in [2.45, 2.75) is 136 Å². The molecule has 6 fully saturated rings. The molecule has 0 bridgehead atoms. The standard InChI is InChI=1S/C32H53NO5/c1-5-31-18-32(31)17-20(34)11-15-30(32,4)23-12-14-29(3)21(9-10-22(29)26(23)27(31)36)19(2)13-16-38-28(37)33-24-7-6-8-25(24)35/h19-27,34-36H,5-18H2,1-4H3,(H,33,37)/t19-,20-,21-,22+,23+,24?,25?,26+,27+,29-,30-,31?,32+/m1/s1. The normalized spacial score (nSPS) is 53.8. The Morgan fingerprint density at radius 2 is 1.82 bits per heavy atom. The molecule has 6 rings (SSSR count). The van der Waals surface area contributed by atoms with Crippen molar-refractivity contribution >= 4 is 6.09 Å².